The number of anilines is 2. The van der Waals surface area contributed by atoms with Crippen molar-refractivity contribution in [1.82, 2.24) is 0 Å². The number of nitro benzene ring substituents is 1. The lowest BCUT2D eigenvalue weighted by Gasteiger charge is -2.11. The van der Waals surface area contributed by atoms with Crippen molar-refractivity contribution in [2.24, 2.45) is 0 Å². The Morgan fingerprint density at radius 3 is 1.94 bits per heavy atom. The summed E-state index contributed by atoms with van der Waals surface area (Å²) in [6.45, 7) is 0. The van der Waals surface area contributed by atoms with E-state index < -0.39 is 33.9 Å². The van der Waals surface area contributed by atoms with Gasteiger partial charge >= 0.3 is 0 Å². The van der Waals surface area contributed by atoms with Gasteiger partial charge in [-0.2, -0.15) is 0 Å². The van der Waals surface area contributed by atoms with Crippen LogP contribution in [0.3, 0.4) is 0 Å². The summed E-state index contributed by atoms with van der Waals surface area (Å²) in [4.78, 5) is 36.4. The average molecular weight is 489 g/mol. The van der Waals surface area contributed by atoms with Crippen molar-refractivity contribution in [2.45, 2.75) is 0 Å². The summed E-state index contributed by atoms with van der Waals surface area (Å²) in [5.41, 5.74) is -0.568. The van der Waals surface area contributed by atoms with Crippen LogP contribution in [0.25, 0.3) is 17.4 Å². The number of nitrogens with one attached hydrogen (secondary N) is 2. The van der Waals surface area contributed by atoms with E-state index in [2.05, 4.69) is 10.6 Å². The molecule has 0 aliphatic heterocycles. The molecule has 3 aromatic carbocycles. The SMILES string of the molecule is O=C(Nc1ccccc1F)C(=Cc1ccc(-c2cccc([N+](=O)[O-])c2)o1)C(=O)Nc1ccccc1F. The fourth-order valence-corrected chi connectivity index (χ4v) is 3.24. The number of non-ortho nitro benzene ring substituents is 1. The van der Waals surface area contributed by atoms with Gasteiger partial charge in [0.25, 0.3) is 17.5 Å². The van der Waals surface area contributed by atoms with Gasteiger partial charge in [0, 0.05) is 17.7 Å². The Bertz CT molecular complexity index is 1430. The highest BCUT2D eigenvalue weighted by atomic mass is 19.1. The van der Waals surface area contributed by atoms with Gasteiger partial charge in [0.05, 0.1) is 16.3 Å². The molecular weight excluding hydrogens is 472 g/mol. The highest BCUT2D eigenvalue weighted by molar-refractivity contribution is 6.28. The number of benzene rings is 3. The number of carbonyl (C=O) groups is 2. The zero-order valence-electron chi connectivity index (χ0n) is 18.4. The summed E-state index contributed by atoms with van der Waals surface area (Å²) in [6.07, 6.45) is 1.10. The summed E-state index contributed by atoms with van der Waals surface area (Å²) in [5, 5.41) is 15.7. The van der Waals surface area contributed by atoms with Gasteiger partial charge in [-0.15, -0.1) is 0 Å². The molecule has 0 aliphatic carbocycles. The van der Waals surface area contributed by atoms with Gasteiger partial charge in [-0.1, -0.05) is 36.4 Å². The topological polar surface area (TPSA) is 114 Å². The van der Waals surface area contributed by atoms with E-state index >= 15 is 0 Å². The number of para-hydroxylation sites is 2. The van der Waals surface area contributed by atoms with E-state index in [9.17, 15) is 28.5 Å². The first-order valence-corrected chi connectivity index (χ1v) is 10.5. The molecule has 8 nitrogen and oxygen atoms in total. The Morgan fingerprint density at radius 1 is 0.806 bits per heavy atom. The van der Waals surface area contributed by atoms with Crippen LogP contribution in [0.1, 0.15) is 5.76 Å². The maximum atomic E-state index is 14.1. The Labute approximate surface area is 203 Å². The Kier molecular flexibility index (Phi) is 6.96. The normalized spacial score (nSPS) is 10.4. The minimum Gasteiger partial charge on any atom is -0.457 e. The van der Waals surface area contributed by atoms with E-state index in [1.54, 1.807) is 6.07 Å². The summed E-state index contributed by atoms with van der Waals surface area (Å²) < 4.78 is 33.8. The summed E-state index contributed by atoms with van der Waals surface area (Å²) >= 11 is 0. The largest absolute Gasteiger partial charge is 0.457 e. The van der Waals surface area contributed by atoms with E-state index in [4.69, 9.17) is 4.42 Å². The standard InChI is InChI=1S/C26H17F2N3O5/c27-20-8-1-3-10-22(20)29-25(32)19(26(33)30-23-11-4-2-9-21(23)28)15-18-12-13-24(36-18)16-6-5-7-17(14-16)31(34)35/h1-15H,(H,29,32)(H,30,33). The summed E-state index contributed by atoms with van der Waals surface area (Å²) in [5.74, 6) is -3.08. The predicted molar refractivity (Wildman–Crippen MR) is 129 cm³/mol. The van der Waals surface area contributed by atoms with Crippen molar-refractivity contribution in [2.75, 3.05) is 10.6 Å². The van der Waals surface area contributed by atoms with Gasteiger partial charge in [-0.3, -0.25) is 19.7 Å². The van der Waals surface area contributed by atoms with E-state index in [1.165, 1.54) is 66.7 Å². The monoisotopic (exact) mass is 489 g/mol. The third-order valence-corrected chi connectivity index (χ3v) is 4.99. The van der Waals surface area contributed by atoms with Crippen molar-refractivity contribution in [1.29, 1.82) is 0 Å². The van der Waals surface area contributed by atoms with Crippen molar-refractivity contribution in [3.05, 3.63) is 118 Å². The number of halogens is 2. The number of rotatable bonds is 7. The minimum absolute atomic E-state index is 0.0545. The maximum absolute atomic E-state index is 14.1. The van der Waals surface area contributed by atoms with Crippen molar-refractivity contribution >= 4 is 35.0 Å². The number of amides is 2. The number of nitrogens with zero attached hydrogens (tertiary/aromatic N) is 1. The quantitative estimate of drug-likeness (QED) is 0.112. The van der Waals surface area contributed by atoms with Crippen LogP contribution < -0.4 is 10.6 Å². The van der Waals surface area contributed by atoms with Crippen LogP contribution in [-0.4, -0.2) is 16.7 Å². The molecule has 4 rings (SSSR count). The molecule has 2 N–H and O–H groups in total. The molecule has 1 heterocycles. The summed E-state index contributed by atoms with van der Waals surface area (Å²) in [6, 6.07) is 19.4. The van der Waals surface area contributed by atoms with Gasteiger partial charge in [-0.05, 0) is 42.5 Å². The zero-order chi connectivity index (χ0) is 25.7. The molecule has 0 spiro atoms. The number of furan rings is 1. The molecule has 0 unspecified atom stereocenters. The van der Waals surface area contributed by atoms with Crippen LogP contribution in [-0.2, 0) is 9.59 Å². The van der Waals surface area contributed by atoms with Crippen molar-refractivity contribution < 1.29 is 27.7 Å². The molecule has 0 aliphatic rings. The van der Waals surface area contributed by atoms with Crippen LogP contribution in [0.5, 0.6) is 0 Å². The molecule has 2 amide bonds. The molecule has 0 atom stereocenters. The molecule has 36 heavy (non-hydrogen) atoms. The molecule has 10 heteroatoms. The fraction of sp³-hybridized carbons (Fsp3) is 0. The van der Waals surface area contributed by atoms with E-state index in [0.29, 0.717) is 5.56 Å². The van der Waals surface area contributed by atoms with Gasteiger partial charge in [0.15, 0.2) is 0 Å². The molecule has 0 saturated carbocycles. The number of hydrogen-bond donors (Lipinski definition) is 2. The van der Waals surface area contributed by atoms with Gasteiger partial charge in [0.2, 0.25) is 0 Å². The van der Waals surface area contributed by atoms with E-state index in [1.807, 2.05) is 0 Å². The second-order valence-electron chi connectivity index (χ2n) is 7.44. The van der Waals surface area contributed by atoms with Crippen molar-refractivity contribution in [3.63, 3.8) is 0 Å². The van der Waals surface area contributed by atoms with Crippen LogP contribution in [0.2, 0.25) is 0 Å². The molecule has 1 aromatic heterocycles. The fourth-order valence-electron chi connectivity index (χ4n) is 3.24. The lowest BCUT2D eigenvalue weighted by atomic mass is 10.1. The van der Waals surface area contributed by atoms with Crippen molar-refractivity contribution in [3.8, 4) is 11.3 Å². The average Bonchev–Trinajstić information content (AvgIpc) is 3.34. The highest BCUT2D eigenvalue weighted by Gasteiger charge is 2.22. The van der Waals surface area contributed by atoms with E-state index in [0.717, 1.165) is 18.2 Å². The smallest absolute Gasteiger partial charge is 0.270 e. The highest BCUT2D eigenvalue weighted by Crippen LogP contribution is 2.27. The molecule has 0 radical (unpaired) electrons. The molecular formula is C26H17F2N3O5. The first-order valence-electron chi connectivity index (χ1n) is 10.5. The minimum atomic E-state index is -0.970. The number of nitro groups is 1. The second-order valence-corrected chi connectivity index (χ2v) is 7.44. The maximum Gasteiger partial charge on any atom is 0.270 e. The van der Waals surface area contributed by atoms with Crippen LogP contribution in [0.4, 0.5) is 25.8 Å². The molecule has 0 bridgehead atoms. The lowest BCUT2D eigenvalue weighted by Crippen LogP contribution is -2.26. The molecule has 0 saturated heterocycles. The van der Waals surface area contributed by atoms with Crippen LogP contribution >= 0.6 is 0 Å². The second kappa shape index (κ2) is 10.4. The Hall–Kier alpha value is -5.12. The number of hydrogen-bond acceptors (Lipinski definition) is 5. The zero-order valence-corrected chi connectivity index (χ0v) is 18.4. The third kappa shape index (κ3) is 5.50. The molecule has 4 aromatic rings. The van der Waals surface area contributed by atoms with Gasteiger partial charge in [-0.25, -0.2) is 8.78 Å². The number of carbonyl (C=O) groups excluding carboxylic acids is 2. The molecule has 180 valence electrons. The van der Waals surface area contributed by atoms with Crippen LogP contribution in [0, 0.1) is 21.7 Å². The van der Waals surface area contributed by atoms with Crippen LogP contribution in [0.15, 0.2) is 94.9 Å². The Balaban J connectivity index is 1.68. The first-order chi connectivity index (χ1) is 17.3. The summed E-state index contributed by atoms with van der Waals surface area (Å²) in [7, 11) is 0. The van der Waals surface area contributed by atoms with Gasteiger partial charge < -0.3 is 15.1 Å². The lowest BCUT2D eigenvalue weighted by molar-refractivity contribution is -0.384. The first kappa shape index (κ1) is 24.0. The third-order valence-electron chi connectivity index (χ3n) is 4.99. The Morgan fingerprint density at radius 2 is 1.39 bits per heavy atom. The van der Waals surface area contributed by atoms with E-state index in [-0.39, 0.29) is 28.6 Å². The van der Waals surface area contributed by atoms with Gasteiger partial charge in [0.1, 0.15) is 28.7 Å². The molecule has 0 fully saturated rings. The predicted octanol–water partition coefficient (Wildman–Crippen LogP) is 5.79.